The Labute approximate surface area is 101 Å². The molecule has 2 aromatic rings. The van der Waals surface area contributed by atoms with Crippen molar-refractivity contribution in [1.82, 2.24) is 9.88 Å². The van der Waals surface area contributed by atoms with Gasteiger partial charge >= 0.3 is 0 Å². The highest BCUT2D eigenvalue weighted by Gasteiger charge is 2.22. The first-order chi connectivity index (χ1) is 8.38. The standard InChI is InChI=1S/C14H18N2O/c1-2-16-8-9-17-14(10-16)12-4-3-5-13-11(12)6-7-15-13/h3-7,14-15H,2,8-10H2,1H3. The first-order valence-corrected chi connectivity index (χ1v) is 6.28. The van der Waals surface area contributed by atoms with E-state index in [2.05, 4.69) is 41.1 Å². The molecule has 1 aliphatic rings. The number of aromatic amines is 1. The largest absolute Gasteiger partial charge is 0.371 e. The lowest BCUT2D eigenvalue weighted by Crippen LogP contribution is -2.38. The molecule has 1 atom stereocenters. The summed E-state index contributed by atoms with van der Waals surface area (Å²) in [4.78, 5) is 5.70. The second-order valence-corrected chi connectivity index (χ2v) is 4.54. The van der Waals surface area contributed by atoms with E-state index in [1.54, 1.807) is 0 Å². The minimum absolute atomic E-state index is 0.211. The van der Waals surface area contributed by atoms with Crippen LogP contribution in [0.1, 0.15) is 18.6 Å². The van der Waals surface area contributed by atoms with Gasteiger partial charge in [0.05, 0.1) is 12.7 Å². The molecule has 3 nitrogen and oxygen atoms in total. The van der Waals surface area contributed by atoms with Gasteiger partial charge in [-0.3, -0.25) is 4.90 Å². The minimum atomic E-state index is 0.211. The second-order valence-electron chi connectivity index (χ2n) is 4.54. The fraction of sp³-hybridized carbons (Fsp3) is 0.429. The zero-order valence-electron chi connectivity index (χ0n) is 10.1. The van der Waals surface area contributed by atoms with Gasteiger partial charge in [0.2, 0.25) is 0 Å². The van der Waals surface area contributed by atoms with Crippen LogP contribution >= 0.6 is 0 Å². The Morgan fingerprint density at radius 1 is 1.41 bits per heavy atom. The number of nitrogens with zero attached hydrogens (tertiary/aromatic N) is 1. The molecular weight excluding hydrogens is 212 g/mol. The van der Waals surface area contributed by atoms with E-state index in [9.17, 15) is 0 Å². The Balaban J connectivity index is 1.94. The first kappa shape index (κ1) is 10.8. The third kappa shape index (κ3) is 1.96. The first-order valence-electron chi connectivity index (χ1n) is 6.28. The van der Waals surface area contributed by atoms with Crippen molar-refractivity contribution in [3.63, 3.8) is 0 Å². The Kier molecular flexibility index (Phi) is 2.87. The molecule has 3 rings (SSSR count). The summed E-state index contributed by atoms with van der Waals surface area (Å²) in [5.41, 5.74) is 2.50. The van der Waals surface area contributed by atoms with E-state index in [0.29, 0.717) is 0 Å². The van der Waals surface area contributed by atoms with Crippen molar-refractivity contribution < 1.29 is 4.74 Å². The fourth-order valence-corrected chi connectivity index (χ4v) is 2.57. The maximum Gasteiger partial charge on any atom is 0.0958 e. The van der Waals surface area contributed by atoms with Crippen LogP contribution in [0.15, 0.2) is 30.5 Å². The minimum Gasteiger partial charge on any atom is -0.371 e. The number of likely N-dealkylation sites (N-methyl/N-ethyl adjacent to an activating group) is 1. The zero-order chi connectivity index (χ0) is 11.7. The van der Waals surface area contributed by atoms with Crippen LogP contribution in [0.25, 0.3) is 10.9 Å². The lowest BCUT2D eigenvalue weighted by molar-refractivity contribution is -0.0274. The number of benzene rings is 1. The molecule has 2 heterocycles. The van der Waals surface area contributed by atoms with Crippen molar-refractivity contribution in [1.29, 1.82) is 0 Å². The van der Waals surface area contributed by atoms with Crippen molar-refractivity contribution in [2.45, 2.75) is 13.0 Å². The highest BCUT2D eigenvalue weighted by atomic mass is 16.5. The summed E-state index contributed by atoms with van der Waals surface area (Å²) in [6.45, 7) is 6.19. The molecule has 1 unspecified atom stereocenters. The molecule has 1 fully saturated rings. The van der Waals surface area contributed by atoms with Crippen molar-refractivity contribution in [2.24, 2.45) is 0 Å². The number of nitrogens with one attached hydrogen (secondary N) is 1. The van der Waals surface area contributed by atoms with Crippen molar-refractivity contribution in [3.8, 4) is 0 Å². The van der Waals surface area contributed by atoms with Gasteiger partial charge in [0.1, 0.15) is 0 Å². The average Bonchev–Trinajstić information content (AvgIpc) is 2.87. The Bertz CT molecular complexity index is 506. The van der Waals surface area contributed by atoms with Gasteiger partial charge in [0.15, 0.2) is 0 Å². The summed E-state index contributed by atoms with van der Waals surface area (Å²) in [6.07, 6.45) is 2.21. The predicted octanol–water partition coefficient (Wildman–Crippen LogP) is 2.56. The Morgan fingerprint density at radius 3 is 3.24 bits per heavy atom. The van der Waals surface area contributed by atoms with Crippen LogP contribution in [0.2, 0.25) is 0 Å². The third-order valence-corrected chi connectivity index (χ3v) is 3.57. The lowest BCUT2D eigenvalue weighted by Gasteiger charge is -2.32. The molecule has 0 amide bonds. The molecule has 0 radical (unpaired) electrons. The smallest absolute Gasteiger partial charge is 0.0958 e. The number of ether oxygens (including phenoxy) is 1. The van der Waals surface area contributed by atoms with E-state index in [4.69, 9.17) is 4.74 Å². The number of fused-ring (bicyclic) bond motifs is 1. The summed E-state index contributed by atoms with van der Waals surface area (Å²) in [5.74, 6) is 0. The van der Waals surface area contributed by atoms with E-state index in [1.807, 2.05) is 6.20 Å². The zero-order valence-corrected chi connectivity index (χ0v) is 10.1. The van der Waals surface area contributed by atoms with Gasteiger partial charge in [-0.25, -0.2) is 0 Å². The molecule has 0 aliphatic carbocycles. The van der Waals surface area contributed by atoms with Crippen LogP contribution in [0.4, 0.5) is 0 Å². The number of H-pyrrole nitrogens is 1. The summed E-state index contributed by atoms with van der Waals surface area (Å²) < 4.78 is 5.92. The molecule has 1 aromatic heterocycles. The number of aromatic nitrogens is 1. The van der Waals surface area contributed by atoms with Gasteiger partial charge in [0, 0.05) is 30.2 Å². The van der Waals surface area contributed by atoms with Crippen LogP contribution in [0, 0.1) is 0 Å². The summed E-state index contributed by atoms with van der Waals surface area (Å²) in [6, 6.07) is 8.53. The molecule has 0 saturated carbocycles. The second kappa shape index (κ2) is 4.51. The van der Waals surface area contributed by atoms with Crippen LogP contribution < -0.4 is 0 Å². The molecule has 1 saturated heterocycles. The van der Waals surface area contributed by atoms with Gasteiger partial charge in [-0.15, -0.1) is 0 Å². The fourth-order valence-electron chi connectivity index (χ4n) is 2.57. The van der Waals surface area contributed by atoms with Crippen LogP contribution in [0.5, 0.6) is 0 Å². The maximum absolute atomic E-state index is 5.92. The average molecular weight is 230 g/mol. The van der Waals surface area contributed by atoms with E-state index < -0.39 is 0 Å². The number of hydrogen-bond acceptors (Lipinski definition) is 2. The molecular formula is C14H18N2O. The summed E-state index contributed by atoms with van der Waals surface area (Å²) in [5, 5.41) is 1.29. The van der Waals surface area contributed by atoms with Crippen molar-refractivity contribution >= 4 is 10.9 Å². The third-order valence-electron chi connectivity index (χ3n) is 3.57. The van der Waals surface area contributed by atoms with Crippen molar-refractivity contribution in [2.75, 3.05) is 26.2 Å². The lowest BCUT2D eigenvalue weighted by atomic mass is 10.0. The van der Waals surface area contributed by atoms with E-state index in [1.165, 1.54) is 16.5 Å². The molecule has 0 bridgehead atoms. The quantitative estimate of drug-likeness (QED) is 0.858. The molecule has 0 spiro atoms. The van der Waals surface area contributed by atoms with Crippen molar-refractivity contribution in [3.05, 3.63) is 36.0 Å². The summed E-state index contributed by atoms with van der Waals surface area (Å²) in [7, 11) is 0. The van der Waals surface area contributed by atoms with Gasteiger partial charge in [0.25, 0.3) is 0 Å². The topological polar surface area (TPSA) is 28.3 Å². The molecule has 1 aromatic carbocycles. The maximum atomic E-state index is 5.92. The highest BCUT2D eigenvalue weighted by Crippen LogP contribution is 2.28. The Hall–Kier alpha value is -1.32. The van der Waals surface area contributed by atoms with Crippen LogP contribution in [-0.4, -0.2) is 36.1 Å². The molecule has 1 N–H and O–H groups in total. The monoisotopic (exact) mass is 230 g/mol. The Morgan fingerprint density at radius 2 is 2.35 bits per heavy atom. The van der Waals surface area contributed by atoms with Gasteiger partial charge < -0.3 is 9.72 Å². The normalized spacial score (nSPS) is 22.1. The SMILES string of the molecule is CCN1CCOC(c2cccc3[nH]ccc23)C1. The predicted molar refractivity (Wildman–Crippen MR) is 69.1 cm³/mol. The molecule has 90 valence electrons. The van der Waals surface area contributed by atoms with Crippen LogP contribution in [0.3, 0.4) is 0 Å². The summed E-state index contributed by atoms with van der Waals surface area (Å²) >= 11 is 0. The van der Waals surface area contributed by atoms with E-state index in [-0.39, 0.29) is 6.10 Å². The number of hydrogen-bond donors (Lipinski definition) is 1. The van der Waals surface area contributed by atoms with E-state index >= 15 is 0 Å². The molecule has 1 aliphatic heterocycles. The highest BCUT2D eigenvalue weighted by molar-refractivity contribution is 5.83. The molecule has 17 heavy (non-hydrogen) atoms. The van der Waals surface area contributed by atoms with Gasteiger partial charge in [-0.05, 0) is 24.2 Å². The van der Waals surface area contributed by atoms with Gasteiger partial charge in [-0.2, -0.15) is 0 Å². The molecule has 3 heteroatoms. The van der Waals surface area contributed by atoms with Crippen LogP contribution in [-0.2, 0) is 4.74 Å². The number of morpholine rings is 1. The number of rotatable bonds is 2. The van der Waals surface area contributed by atoms with Gasteiger partial charge in [-0.1, -0.05) is 19.1 Å². The van der Waals surface area contributed by atoms with E-state index in [0.717, 1.165) is 26.2 Å².